The zero-order valence-corrected chi connectivity index (χ0v) is 17.1. The minimum Gasteiger partial charge on any atom is -0.493 e. The zero-order chi connectivity index (χ0) is 19.8. The molecule has 5 nitrogen and oxygen atoms in total. The van der Waals surface area contributed by atoms with Crippen LogP contribution in [0, 0.1) is 0 Å². The molecule has 0 radical (unpaired) electrons. The van der Waals surface area contributed by atoms with Crippen molar-refractivity contribution in [2.24, 2.45) is 0 Å². The third-order valence-corrected chi connectivity index (χ3v) is 5.07. The Balaban J connectivity index is 1.52. The van der Waals surface area contributed by atoms with Gasteiger partial charge in [-0.05, 0) is 23.3 Å². The molecule has 1 aliphatic heterocycles. The maximum atomic E-state index is 5.42. The van der Waals surface area contributed by atoms with Crippen molar-refractivity contribution in [1.82, 2.24) is 9.80 Å². The highest BCUT2D eigenvalue weighted by Crippen LogP contribution is 2.38. The van der Waals surface area contributed by atoms with E-state index in [2.05, 4.69) is 52.3 Å². The number of hydrogen-bond acceptors (Lipinski definition) is 5. The van der Waals surface area contributed by atoms with Crippen molar-refractivity contribution in [3.8, 4) is 17.2 Å². The number of ether oxygens (including phenoxy) is 3. The molecular formula is C23H30N2O3. The Kier molecular flexibility index (Phi) is 7.34. The minimum atomic E-state index is 0.622. The van der Waals surface area contributed by atoms with E-state index in [1.165, 1.54) is 5.56 Å². The Labute approximate surface area is 168 Å². The molecule has 2 aromatic rings. The number of hydrogen-bond donors (Lipinski definition) is 0. The van der Waals surface area contributed by atoms with Gasteiger partial charge in [0.2, 0.25) is 5.75 Å². The van der Waals surface area contributed by atoms with Crippen molar-refractivity contribution >= 4 is 6.08 Å². The minimum absolute atomic E-state index is 0.622. The molecular weight excluding hydrogens is 352 g/mol. The molecule has 0 saturated carbocycles. The Morgan fingerprint density at radius 1 is 0.821 bits per heavy atom. The first kappa shape index (κ1) is 20.2. The predicted molar refractivity (Wildman–Crippen MR) is 113 cm³/mol. The highest BCUT2D eigenvalue weighted by atomic mass is 16.5. The van der Waals surface area contributed by atoms with Gasteiger partial charge in [0.05, 0.1) is 21.3 Å². The number of benzene rings is 2. The lowest BCUT2D eigenvalue weighted by Crippen LogP contribution is -2.45. The van der Waals surface area contributed by atoms with Crippen LogP contribution >= 0.6 is 0 Å². The first-order chi connectivity index (χ1) is 13.7. The first-order valence-corrected chi connectivity index (χ1v) is 9.68. The summed E-state index contributed by atoms with van der Waals surface area (Å²) >= 11 is 0. The summed E-state index contributed by atoms with van der Waals surface area (Å²) in [7, 11) is 4.90. The van der Waals surface area contributed by atoms with E-state index in [1.807, 2.05) is 12.1 Å². The topological polar surface area (TPSA) is 34.2 Å². The second-order valence-electron chi connectivity index (χ2n) is 6.92. The summed E-state index contributed by atoms with van der Waals surface area (Å²) in [5.41, 5.74) is 2.43. The first-order valence-electron chi connectivity index (χ1n) is 9.68. The van der Waals surface area contributed by atoms with E-state index in [0.29, 0.717) is 17.2 Å². The molecule has 0 atom stereocenters. The zero-order valence-electron chi connectivity index (χ0n) is 17.1. The second kappa shape index (κ2) is 10.2. The summed E-state index contributed by atoms with van der Waals surface area (Å²) in [5.74, 6) is 1.98. The van der Waals surface area contributed by atoms with Gasteiger partial charge in [-0.2, -0.15) is 0 Å². The van der Waals surface area contributed by atoms with Crippen LogP contribution < -0.4 is 14.2 Å². The maximum absolute atomic E-state index is 5.42. The standard InChI is InChI=1S/C23H30N2O3/c1-26-21-16-20(17-22(27-2)23(21)28-3)10-7-11-24-12-14-25(15-13-24)18-19-8-5-4-6-9-19/h4-10,16-17H,11-15,18H2,1-3H3/b10-7+. The molecule has 0 amide bonds. The van der Waals surface area contributed by atoms with E-state index < -0.39 is 0 Å². The van der Waals surface area contributed by atoms with Crippen LogP contribution in [0.5, 0.6) is 17.2 Å². The molecule has 0 aromatic heterocycles. The second-order valence-corrected chi connectivity index (χ2v) is 6.92. The van der Waals surface area contributed by atoms with E-state index in [1.54, 1.807) is 21.3 Å². The van der Waals surface area contributed by atoms with Crippen LogP contribution in [0.2, 0.25) is 0 Å². The molecule has 1 heterocycles. The summed E-state index contributed by atoms with van der Waals surface area (Å²) in [6.07, 6.45) is 4.31. The van der Waals surface area contributed by atoms with Crippen molar-refractivity contribution in [2.75, 3.05) is 54.1 Å². The molecule has 1 aliphatic rings. The number of nitrogens with zero attached hydrogens (tertiary/aromatic N) is 2. The smallest absolute Gasteiger partial charge is 0.203 e. The van der Waals surface area contributed by atoms with E-state index in [9.17, 15) is 0 Å². The van der Waals surface area contributed by atoms with Crippen molar-refractivity contribution in [3.63, 3.8) is 0 Å². The predicted octanol–water partition coefficient (Wildman–Crippen LogP) is 3.54. The Hall–Kier alpha value is -2.50. The summed E-state index contributed by atoms with van der Waals surface area (Å²) < 4.78 is 16.2. The lowest BCUT2D eigenvalue weighted by molar-refractivity contribution is 0.137. The highest BCUT2D eigenvalue weighted by Gasteiger charge is 2.16. The van der Waals surface area contributed by atoms with Crippen molar-refractivity contribution in [1.29, 1.82) is 0 Å². The molecule has 1 fully saturated rings. The van der Waals surface area contributed by atoms with Gasteiger partial charge < -0.3 is 14.2 Å². The van der Waals surface area contributed by atoms with Gasteiger partial charge in [0.25, 0.3) is 0 Å². The number of piperazine rings is 1. The number of rotatable bonds is 8. The number of methoxy groups -OCH3 is 3. The average Bonchev–Trinajstić information content (AvgIpc) is 2.75. The molecule has 5 heteroatoms. The normalized spacial score (nSPS) is 15.7. The fourth-order valence-corrected chi connectivity index (χ4v) is 3.51. The summed E-state index contributed by atoms with van der Waals surface area (Å²) in [6, 6.07) is 14.6. The van der Waals surface area contributed by atoms with Gasteiger partial charge in [0.1, 0.15) is 0 Å². The van der Waals surface area contributed by atoms with E-state index in [4.69, 9.17) is 14.2 Å². The molecule has 2 aromatic carbocycles. The molecule has 3 rings (SSSR count). The fraction of sp³-hybridized carbons (Fsp3) is 0.391. The lowest BCUT2D eigenvalue weighted by Gasteiger charge is -2.34. The Morgan fingerprint density at radius 2 is 1.43 bits per heavy atom. The van der Waals surface area contributed by atoms with Gasteiger partial charge >= 0.3 is 0 Å². The van der Waals surface area contributed by atoms with Gasteiger partial charge in [0, 0.05) is 39.3 Å². The van der Waals surface area contributed by atoms with Crippen molar-refractivity contribution in [2.45, 2.75) is 6.54 Å². The summed E-state index contributed by atoms with van der Waals surface area (Å²) in [5, 5.41) is 0. The lowest BCUT2D eigenvalue weighted by atomic mass is 10.1. The van der Waals surface area contributed by atoms with Gasteiger partial charge in [0.15, 0.2) is 11.5 Å². The SMILES string of the molecule is COc1cc(/C=C/CN2CCN(Cc3ccccc3)CC2)cc(OC)c1OC. The van der Waals surface area contributed by atoms with Crippen LogP contribution in [0.3, 0.4) is 0 Å². The molecule has 0 unspecified atom stereocenters. The van der Waals surface area contributed by atoms with Crippen LogP contribution in [-0.4, -0.2) is 63.9 Å². The molecule has 1 saturated heterocycles. The van der Waals surface area contributed by atoms with E-state index >= 15 is 0 Å². The van der Waals surface area contributed by atoms with Crippen LogP contribution in [-0.2, 0) is 6.54 Å². The summed E-state index contributed by atoms with van der Waals surface area (Å²) in [6.45, 7) is 6.37. The third-order valence-electron chi connectivity index (χ3n) is 5.07. The van der Waals surface area contributed by atoms with E-state index in [0.717, 1.165) is 44.8 Å². The Morgan fingerprint density at radius 3 is 2.00 bits per heavy atom. The average molecular weight is 383 g/mol. The van der Waals surface area contributed by atoms with Crippen LogP contribution in [0.15, 0.2) is 48.5 Å². The van der Waals surface area contributed by atoms with Gasteiger partial charge in [-0.25, -0.2) is 0 Å². The molecule has 0 spiro atoms. The van der Waals surface area contributed by atoms with Crippen LogP contribution in [0.1, 0.15) is 11.1 Å². The molecule has 0 N–H and O–H groups in total. The third kappa shape index (κ3) is 5.27. The molecule has 150 valence electrons. The van der Waals surface area contributed by atoms with Gasteiger partial charge in [-0.15, -0.1) is 0 Å². The quantitative estimate of drug-likeness (QED) is 0.698. The monoisotopic (exact) mass is 382 g/mol. The fourth-order valence-electron chi connectivity index (χ4n) is 3.51. The van der Waals surface area contributed by atoms with Crippen molar-refractivity contribution < 1.29 is 14.2 Å². The van der Waals surface area contributed by atoms with Crippen LogP contribution in [0.4, 0.5) is 0 Å². The Bertz CT molecular complexity index is 744. The molecule has 0 bridgehead atoms. The largest absolute Gasteiger partial charge is 0.493 e. The van der Waals surface area contributed by atoms with Crippen molar-refractivity contribution in [3.05, 3.63) is 59.7 Å². The molecule has 0 aliphatic carbocycles. The highest BCUT2D eigenvalue weighted by molar-refractivity contribution is 5.62. The van der Waals surface area contributed by atoms with E-state index in [-0.39, 0.29) is 0 Å². The maximum Gasteiger partial charge on any atom is 0.203 e. The molecule has 28 heavy (non-hydrogen) atoms. The van der Waals surface area contributed by atoms with Gasteiger partial charge in [-0.3, -0.25) is 9.80 Å². The van der Waals surface area contributed by atoms with Crippen LogP contribution in [0.25, 0.3) is 6.08 Å². The summed E-state index contributed by atoms with van der Waals surface area (Å²) in [4.78, 5) is 5.00. The van der Waals surface area contributed by atoms with Gasteiger partial charge in [-0.1, -0.05) is 42.5 Å².